The van der Waals surface area contributed by atoms with E-state index < -0.39 is 22.7 Å². The number of aliphatic hydroxyl groups is 2. The lowest BCUT2D eigenvalue weighted by Crippen LogP contribution is -2.53. The molecule has 0 bridgehead atoms. The molecule has 0 saturated heterocycles. The number of hydrogen-bond donors (Lipinski definition) is 2. The summed E-state index contributed by atoms with van der Waals surface area (Å²) in [5, 5.41) is 30.1. The fraction of sp³-hybridized carbons (Fsp3) is 1.00. The van der Waals surface area contributed by atoms with Crippen molar-refractivity contribution in [1.82, 2.24) is 0 Å². The highest BCUT2D eigenvalue weighted by molar-refractivity contribution is 4.91. The van der Waals surface area contributed by atoms with Gasteiger partial charge in [0.05, 0.1) is 0 Å². The quantitative estimate of drug-likeness (QED) is 0.522. The van der Waals surface area contributed by atoms with Crippen molar-refractivity contribution in [2.45, 2.75) is 56.8 Å². The molecule has 1 saturated carbocycles. The van der Waals surface area contributed by atoms with Crippen molar-refractivity contribution >= 4 is 0 Å². The molecular weight excluding hydrogens is 186 g/mol. The topological polar surface area (TPSA) is 83.6 Å². The van der Waals surface area contributed by atoms with Crippen molar-refractivity contribution in [3.05, 3.63) is 10.1 Å². The van der Waals surface area contributed by atoms with Crippen LogP contribution in [0.1, 0.15) is 39.0 Å². The first-order valence-electron chi connectivity index (χ1n) is 5.01. The number of aliphatic hydroxyl groups excluding tert-OH is 1. The van der Waals surface area contributed by atoms with Gasteiger partial charge in [0, 0.05) is 4.92 Å². The Balaban J connectivity index is 2.79. The second-order valence-electron chi connectivity index (χ2n) is 4.14. The van der Waals surface area contributed by atoms with E-state index in [0.29, 0.717) is 12.8 Å². The summed E-state index contributed by atoms with van der Waals surface area (Å²) < 4.78 is 0. The highest BCUT2D eigenvalue weighted by Gasteiger charge is 2.48. The van der Waals surface area contributed by atoms with Crippen molar-refractivity contribution in [3.63, 3.8) is 0 Å². The molecule has 1 fully saturated rings. The highest BCUT2D eigenvalue weighted by atomic mass is 16.6. The van der Waals surface area contributed by atoms with Crippen LogP contribution in [0, 0.1) is 10.1 Å². The van der Waals surface area contributed by atoms with Crippen molar-refractivity contribution in [3.8, 4) is 0 Å². The van der Waals surface area contributed by atoms with Gasteiger partial charge in [0.2, 0.25) is 0 Å². The van der Waals surface area contributed by atoms with Crippen LogP contribution in [0.15, 0.2) is 0 Å². The number of nitro groups is 1. The lowest BCUT2D eigenvalue weighted by atomic mass is 9.78. The third kappa shape index (κ3) is 2.22. The van der Waals surface area contributed by atoms with E-state index in [1.807, 2.05) is 0 Å². The molecule has 0 aromatic carbocycles. The molecule has 5 nitrogen and oxygen atoms in total. The smallest absolute Gasteiger partial charge is 0.266 e. The molecule has 2 N–H and O–H groups in total. The third-order valence-corrected chi connectivity index (χ3v) is 2.95. The van der Waals surface area contributed by atoms with Gasteiger partial charge in [-0.15, -0.1) is 0 Å². The maximum Gasteiger partial charge on any atom is 0.266 e. The van der Waals surface area contributed by atoms with Gasteiger partial charge in [-0.05, 0) is 19.8 Å². The van der Waals surface area contributed by atoms with Crippen LogP contribution in [0.5, 0.6) is 0 Å². The van der Waals surface area contributed by atoms with E-state index in [4.69, 9.17) is 0 Å². The minimum Gasteiger partial charge on any atom is -0.386 e. The summed E-state index contributed by atoms with van der Waals surface area (Å²) in [5.41, 5.74) is -1.31. The first-order chi connectivity index (χ1) is 6.47. The zero-order chi connectivity index (χ0) is 10.8. The predicted molar refractivity (Wildman–Crippen MR) is 50.5 cm³/mol. The van der Waals surface area contributed by atoms with Gasteiger partial charge in [-0.2, -0.15) is 0 Å². The molecule has 0 radical (unpaired) electrons. The Bertz CT molecular complexity index is 211. The molecule has 2 unspecified atom stereocenters. The molecule has 2 atom stereocenters. The van der Waals surface area contributed by atoms with Gasteiger partial charge in [-0.25, -0.2) is 0 Å². The van der Waals surface area contributed by atoms with Crippen LogP contribution >= 0.6 is 0 Å². The third-order valence-electron chi connectivity index (χ3n) is 2.95. The fourth-order valence-electron chi connectivity index (χ4n) is 2.28. The van der Waals surface area contributed by atoms with Crippen LogP contribution in [0.25, 0.3) is 0 Å². The summed E-state index contributed by atoms with van der Waals surface area (Å²) in [6.45, 7) is 1.36. The van der Waals surface area contributed by atoms with Crippen LogP contribution in [0.4, 0.5) is 0 Å². The molecular formula is C9H17NO4. The van der Waals surface area contributed by atoms with Gasteiger partial charge in [0.25, 0.3) is 6.04 Å². The van der Waals surface area contributed by atoms with E-state index in [1.165, 1.54) is 6.92 Å². The van der Waals surface area contributed by atoms with Crippen molar-refractivity contribution in [2.24, 2.45) is 0 Å². The minimum atomic E-state index is -1.31. The Kier molecular flexibility index (Phi) is 3.44. The Morgan fingerprint density at radius 2 is 1.86 bits per heavy atom. The summed E-state index contributed by atoms with van der Waals surface area (Å²) in [6.07, 6.45) is 2.34. The highest BCUT2D eigenvalue weighted by Crippen LogP contribution is 2.33. The molecule has 1 aliphatic carbocycles. The summed E-state index contributed by atoms with van der Waals surface area (Å²) in [7, 11) is 0. The van der Waals surface area contributed by atoms with Crippen LogP contribution in [-0.2, 0) is 0 Å². The number of rotatable bonds is 3. The Labute approximate surface area is 82.9 Å². The molecule has 0 aromatic heterocycles. The van der Waals surface area contributed by atoms with Crippen LogP contribution in [-0.4, -0.2) is 32.9 Å². The Hall–Kier alpha value is -0.680. The summed E-state index contributed by atoms with van der Waals surface area (Å²) >= 11 is 0. The maximum absolute atomic E-state index is 10.7. The fourth-order valence-corrected chi connectivity index (χ4v) is 2.28. The molecule has 0 aliphatic heterocycles. The lowest BCUT2D eigenvalue weighted by Gasteiger charge is -2.34. The van der Waals surface area contributed by atoms with E-state index in [-0.39, 0.29) is 0 Å². The zero-order valence-corrected chi connectivity index (χ0v) is 8.35. The van der Waals surface area contributed by atoms with Gasteiger partial charge in [-0.1, -0.05) is 19.3 Å². The van der Waals surface area contributed by atoms with Crippen molar-refractivity contribution in [2.75, 3.05) is 0 Å². The van der Waals surface area contributed by atoms with Gasteiger partial charge in [0.15, 0.2) is 0 Å². The van der Waals surface area contributed by atoms with Crippen LogP contribution in [0.2, 0.25) is 0 Å². The minimum absolute atomic E-state index is 0.420. The van der Waals surface area contributed by atoms with Crippen molar-refractivity contribution in [1.29, 1.82) is 0 Å². The average Bonchev–Trinajstić information content (AvgIpc) is 2.02. The summed E-state index contributed by atoms with van der Waals surface area (Å²) in [4.78, 5) is 10.2. The molecule has 14 heavy (non-hydrogen) atoms. The van der Waals surface area contributed by atoms with E-state index >= 15 is 0 Å². The largest absolute Gasteiger partial charge is 0.386 e. The average molecular weight is 203 g/mol. The number of nitrogens with zero attached hydrogens (tertiary/aromatic N) is 1. The predicted octanol–water partition coefficient (Wildman–Crippen LogP) is 0.708. The second-order valence-corrected chi connectivity index (χ2v) is 4.14. The molecule has 0 spiro atoms. The van der Waals surface area contributed by atoms with Crippen LogP contribution in [0.3, 0.4) is 0 Å². The van der Waals surface area contributed by atoms with E-state index in [9.17, 15) is 20.3 Å². The zero-order valence-electron chi connectivity index (χ0n) is 8.35. The monoisotopic (exact) mass is 203 g/mol. The molecule has 82 valence electrons. The lowest BCUT2D eigenvalue weighted by molar-refractivity contribution is -0.558. The molecule has 1 aliphatic rings. The van der Waals surface area contributed by atoms with Gasteiger partial charge in [-0.3, -0.25) is 10.1 Å². The first-order valence-corrected chi connectivity index (χ1v) is 5.01. The molecule has 0 aromatic rings. The van der Waals surface area contributed by atoms with Crippen molar-refractivity contribution < 1.29 is 15.1 Å². The Morgan fingerprint density at radius 3 is 2.21 bits per heavy atom. The molecule has 5 heteroatoms. The summed E-state index contributed by atoms with van der Waals surface area (Å²) in [6, 6.07) is -1.25. The Morgan fingerprint density at radius 1 is 1.36 bits per heavy atom. The van der Waals surface area contributed by atoms with Gasteiger partial charge in [0.1, 0.15) is 11.7 Å². The molecule has 1 rings (SSSR count). The van der Waals surface area contributed by atoms with E-state index in [1.54, 1.807) is 0 Å². The first kappa shape index (κ1) is 11.4. The van der Waals surface area contributed by atoms with Gasteiger partial charge < -0.3 is 10.2 Å². The second kappa shape index (κ2) is 4.23. The SMILES string of the molecule is CC(O)C([N+](=O)[O-])C1(O)CCCCC1. The van der Waals surface area contributed by atoms with Gasteiger partial charge >= 0.3 is 0 Å². The normalized spacial score (nSPS) is 25.4. The van der Waals surface area contributed by atoms with E-state index in [0.717, 1.165) is 19.3 Å². The standard InChI is InChI=1S/C9H17NO4/c1-7(11)8(10(13)14)9(12)5-3-2-4-6-9/h7-8,11-12H,2-6H2,1H3. The van der Waals surface area contributed by atoms with E-state index in [2.05, 4.69) is 0 Å². The van der Waals surface area contributed by atoms with Crippen LogP contribution < -0.4 is 0 Å². The molecule has 0 heterocycles. The molecule has 0 amide bonds. The number of hydrogen-bond acceptors (Lipinski definition) is 4. The maximum atomic E-state index is 10.7. The summed E-state index contributed by atoms with van der Waals surface area (Å²) in [5.74, 6) is 0.